The van der Waals surface area contributed by atoms with Gasteiger partial charge in [0.1, 0.15) is 11.9 Å². The Morgan fingerprint density at radius 3 is 2.48 bits per heavy atom. The number of aromatic amines is 1. The first-order chi connectivity index (χ1) is 13.4. The van der Waals surface area contributed by atoms with Crippen molar-refractivity contribution >= 4 is 0 Å². The molecule has 0 bridgehead atoms. The molecule has 0 amide bonds. The number of ether oxygens (including phenoxy) is 2. The highest BCUT2D eigenvalue weighted by Crippen LogP contribution is 2.59. The van der Waals surface area contributed by atoms with E-state index in [1.807, 2.05) is 0 Å². The maximum absolute atomic E-state index is 14.3. The molecule has 0 radical (unpaired) electrons. The number of nitrogens with zero attached hydrogens (tertiary/aromatic N) is 1. The molecule has 0 aliphatic carbocycles. The number of aromatic nitrogens is 2. The average Bonchev–Trinajstić information content (AvgIpc) is 2.89. The van der Waals surface area contributed by atoms with Crippen molar-refractivity contribution in [3.05, 3.63) is 57.3 Å². The van der Waals surface area contributed by atoms with Gasteiger partial charge in [-0.15, -0.1) is 0 Å². The molecule has 1 fully saturated rings. The van der Waals surface area contributed by atoms with E-state index in [9.17, 15) is 26.7 Å². The van der Waals surface area contributed by atoms with Crippen LogP contribution in [0.15, 0.2) is 23.0 Å². The summed E-state index contributed by atoms with van der Waals surface area (Å²) in [7, 11) is 1.09. The van der Waals surface area contributed by atoms with Gasteiger partial charge in [-0.3, -0.25) is 4.79 Å². The fourth-order valence-electron chi connectivity index (χ4n) is 3.82. The van der Waals surface area contributed by atoms with Gasteiger partial charge in [0, 0.05) is 23.5 Å². The normalized spacial score (nSPS) is 27.3. The molecule has 2 aromatic rings. The van der Waals surface area contributed by atoms with Crippen molar-refractivity contribution in [2.75, 3.05) is 7.11 Å². The average molecular weight is 418 g/mol. The highest BCUT2D eigenvalue weighted by molar-refractivity contribution is 5.41. The predicted octanol–water partition coefficient (Wildman–Crippen LogP) is 4.18. The Labute approximate surface area is 162 Å². The molecule has 1 saturated heterocycles. The number of alkyl halides is 3. The quantitative estimate of drug-likeness (QED) is 0.760. The third kappa shape index (κ3) is 3.39. The number of methoxy groups -OCH3 is 1. The largest absolute Gasteiger partial charge is 0.493 e. The molecular weight excluding hydrogens is 399 g/mol. The third-order valence-electron chi connectivity index (χ3n) is 5.48. The molecule has 29 heavy (non-hydrogen) atoms. The van der Waals surface area contributed by atoms with E-state index in [4.69, 9.17) is 9.47 Å². The van der Waals surface area contributed by atoms with Crippen LogP contribution in [0.4, 0.5) is 22.0 Å². The zero-order valence-electron chi connectivity index (χ0n) is 16.0. The molecule has 0 spiro atoms. The van der Waals surface area contributed by atoms with Crippen LogP contribution in [0.25, 0.3) is 0 Å². The first-order valence-electron chi connectivity index (χ1n) is 8.75. The monoisotopic (exact) mass is 418 g/mol. The van der Waals surface area contributed by atoms with Gasteiger partial charge in [-0.1, -0.05) is 13.0 Å². The Morgan fingerprint density at radius 1 is 1.28 bits per heavy atom. The fraction of sp³-hybridized carbons (Fsp3) is 0.474. The van der Waals surface area contributed by atoms with E-state index in [1.165, 1.54) is 13.8 Å². The first-order valence-corrected chi connectivity index (χ1v) is 8.75. The van der Waals surface area contributed by atoms with Crippen molar-refractivity contribution in [1.29, 1.82) is 0 Å². The molecular formula is C19H19F5N2O3. The number of nitrogens with one attached hydrogen (secondary N) is 1. The van der Waals surface area contributed by atoms with E-state index < -0.39 is 52.7 Å². The minimum atomic E-state index is -4.76. The lowest BCUT2D eigenvalue weighted by Crippen LogP contribution is -2.46. The minimum Gasteiger partial charge on any atom is -0.493 e. The second-order valence-electron chi connectivity index (χ2n) is 7.20. The van der Waals surface area contributed by atoms with Gasteiger partial charge in [0.15, 0.2) is 17.2 Å². The van der Waals surface area contributed by atoms with E-state index in [1.54, 1.807) is 0 Å². The maximum Gasteiger partial charge on any atom is 0.417 e. The summed E-state index contributed by atoms with van der Waals surface area (Å²) in [6, 6.07) is 3.01. The lowest BCUT2D eigenvalue weighted by atomic mass is 9.76. The molecule has 5 nitrogen and oxygen atoms in total. The van der Waals surface area contributed by atoms with Gasteiger partial charge in [-0.05, 0) is 19.9 Å². The van der Waals surface area contributed by atoms with Crippen molar-refractivity contribution in [2.45, 2.75) is 44.6 Å². The summed E-state index contributed by atoms with van der Waals surface area (Å²) in [6.45, 7) is 3.66. The van der Waals surface area contributed by atoms with Crippen LogP contribution in [0.5, 0.6) is 5.75 Å². The van der Waals surface area contributed by atoms with Gasteiger partial charge in [0.25, 0.3) is 5.56 Å². The smallest absolute Gasteiger partial charge is 0.417 e. The molecule has 1 aliphatic rings. The van der Waals surface area contributed by atoms with E-state index in [2.05, 4.69) is 9.97 Å². The molecule has 0 saturated carbocycles. The number of halogens is 5. The standard InChI is InChI=1S/C19H19F5N2O3/c1-8-14(10-5-6-11(20)15(21)16(10)28-4)17(29-18(8,3)19(22,23)24)12-7-13(27)26-9(2)25-12/h5-8,14,17H,1-4H3,(H,25,26,27)/t8-,14-,17-,18+/m0/s1. The van der Waals surface area contributed by atoms with Crippen molar-refractivity contribution in [3.8, 4) is 5.75 Å². The molecule has 0 unspecified atom stereocenters. The van der Waals surface area contributed by atoms with Crippen LogP contribution in [0, 0.1) is 24.5 Å². The molecule has 3 rings (SSSR count). The second-order valence-corrected chi connectivity index (χ2v) is 7.20. The number of benzene rings is 1. The summed E-state index contributed by atoms with van der Waals surface area (Å²) in [5, 5.41) is 0. The van der Waals surface area contributed by atoms with Crippen LogP contribution in [-0.4, -0.2) is 28.9 Å². The van der Waals surface area contributed by atoms with Gasteiger partial charge in [-0.2, -0.15) is 17.6 Å². The van der Waals surface area contributed by atoms with Crippen LogP contribution < -0.4 is 10.3 Å². The summed E-state index contributed by atoms with van der Waals surface area (Å²) in [6.07, 6.45) is -6.10. The number of rotatable bonds is 3. The Balaban J connectivity index is 2.25. The van der Waals surface area contributed by atoms with Gasteiger partial charge in [-0.25, -0.2) is 9.37 Å². The molecule has 1 aromatic carbocycles. The summed E-state index contributed by atoms with van der Waals surface area (Å²) in [5.41, 5.74) is -3.23. The van der Waals surface area contributed by atoms with Crippen LogP contribution in [0.1, 0.15) is 43.0 Å². The van der Waals surface area contributed by atoms with Gasteiger partial charge in [0.05, 0.1) is 12.8 Å². The zero-order valence-corrected chi connectivity index (χ0v) is 16.0. The van der Waals surface area contributed by atoms with Gasteiger partial charge >= 0.3 is 6.18 Å². The van der Waals surface area contributed by atoms with Crippen LogP contribution >= 0.6 is 0 Å². The number of aryl methyl sites for hydroxylation is 1. The number of hydrogen-bond donors (Lipinski definition) is 1. The predicted molar refractivity (Wildman–Crippen MR) is 92.7 cm³/mol. The molecule has 158 valence electrons. The molecule has 10 heteroatoms. The Morgan fingerprint density at radius 2 is 1.93 bits per heavy atom. The van der Waals surface area contributed by atoms with Crippen molar-refractivity contribution in [2.24, 2.45) is 5.92 Å². The highest BCUT2D eigenvalue weighted by atomic mass is 19.4. The number of H-pyrrole nitrogens is 1. The summed E-state index contributed by atoms with van der Waals surface area (Å²) in [4.78, 5) is 18.4. The highest BCUT2D eigenvalue weighted by Gasteiger charge is 2.65. The van der Waals surface area contributed by atoms with E-state index in [0.29, 0.717) is 0 Å². The Hall–Kier alpha value is -2.49. The first kappa shape index (κ1) is 21.2. The Bertz CT molecular complexity index is 991. The number of hydrogen-bond acceptors (Lipinski definition) is 4. The third-order valence-corrected chi connectivity index (χ3v) is 5.48. The molecule has 4 atom stereocenters. The molecule has 1 N–H and O–H groups in total. The summed E-state index contributed by atoms with van der Waals surface area (Å²) in [5.74, 6) is -5.18. The second kappa shape index (κ2) is 7.08. The van der Waals surface area contributed by atoms with Gasteiger partial charge in [0.2, 0.25) is 5.82 Å². The lowest BCUT2D eigenvalue weighted by molar-refractivity contribution is -0.275. The van der Waals surface area contributed by atoms with E-state index in [0.717, 1.165) is 32.2 Å². The SMILES string of the molecule is COc1c([C@H]2[C@H](c3cc(=O)[nH]c(C)n3)O[C@@](C)(C(F)(F)F)[C@H]2C)ccc(F)c1F. The zero-order chi connectivity index (χ0) is 21.7. The van der Waals surface area contributed by atoms with E-state index >= 15 is 0 Å². The van der Waals surface area contributed by atoms with Crippen LogP contribution in [0.2, 0.25) is 0 Å². The van der Waals surface area contributed by atoms with Crippen molar-refractivity contribution in [3.63, 3.8) is 0 Å². The fourth-order valence-corrected chi connectivity index (χ4v) is 3.82. The van der Waals surface area contributed by atoms with Crippen LogP contribution in [0.3, 0.4) is 0 Å². The van der Waals surface area contributed by atoms with E-state index in [-0.39, 0.29) is 17.1 Å². The minimum absolute atomic E-state index is 0.00314. The molecule has 2 heterocycles. The molecule has 1 aliphatic heterocycles. The molecule has 1 aromatic heterocycles. The van der Waals surface area contributed by atoms with Crippen LogP contribution in [-0.2, 0) is 4.74 Å². The summed E-state index contributed by atoms with van der Waals surface area (Å²) < 4.78 is 80.0. The van der Waals surface area contributed by atoms with Crippen molar-refractivity contribution in [1.82, 2.24) is 9.97 Å². The van der Waals surface area contributed by atoms with Gasteiger partial charge < -0.3 is 14.5 Å². The van der Waals surface area contributed by atoms with Crippen molar-refractivity contribution < 1.29 is 31.4 Å². The Kier molecular flexibility index (Phi) is 5.18. The lowest BCUT2D eigenvalue weighted by Gasteiger charge is -2.32. The topological polar surface area (TPSA) is 64.2 Å². The summed E-state index contributed by atoms with van der Waals surface area (Å²) >= 11 is 0. The maximum atomic E-state index is 14.3.